The van der Waals surface area contributed by atoms with Gasteiger partial charge < -0.3 is 25.1 Å². The maximum absolute atomic E-state index is 12.3. The molecule has 0 aliphatic rings. The molecular formula is C19H21N3O3. The van der Waals surface area contributed by atoms with Crippen LogP contribution in [0.1, 0.15) is 18.5 Å². The molecule has 0 saturated heterocycles. The Morgan fingerprint density at radius 3 is 2.60 bits per heavy atom. The van der Waals surface area contributed by atoms with Crippen LogP contribution in [-0.2, 0) is 0 Å². The molecule has 3 N–H and O–H groups in total. The van der Waals surface area contributed by atoms with E-state index in [-0.39, 0.29) is 12.1 Å². The maximum Gasteiger partial charge on any atom is 0.319 e. The number of carbonyl (C=O) groups is 1. The average molecular weight is 339 g/mol. The van der Waals surface area contributed by atoms with Crippen molar-refractivity contribution in [1.29, 1.82) is 0 Å². The fraction of sp³-hybridized carbons (Fsp3) is 0.211. The predicted molar refractivity (Wildman–Crippen MR) is 98.4 cm³/mol. The van der Waals surface area contributed by atoms with Crippen LogP contribution in [0.5, 0.6) is 11.5 Å². The number of fused-ring (bicyclic) bond motifs is 1. The summed E-state index contributed by atoms with van der Waals surface area (Å²) in [5, 5.41) is 6.82. The molecule has 0 unspecified atom stereocenters. The first-order valence-corrected chi connectivity index (χ1v) is 7.97. The molecule has 6 heteroatoms. The molecule has 0 bridgehead atoms. The van der Waals surface area contributed by atoms with Crippen molar-refractivity contribution in [3.63, 3.8) is 0 Å². The van der Waals surface area contributed by atoms with Gasteiger partial charge >= 0.3 is 6.03 Å². The number of hydrogen-bond acceptors (Lipinski definition) is 3. The molecule has 3 aromatic rings. The summed E-state index contributed by atoms with van der Waals surface area (Å²) in [5.41, 5.74) is 2.70. The third kappa shape index (κ3) is 3.68. The standard InChI is InChI=1S/C19H21N3O3/c1-12(13-4-7-17(24-2)18(11-13)25-3)21-19(23)22-15-5-6-16-14(10-15)8-9-20-16/h4-12,20H,1-3H3,(H2,21,22,23)/t12-/m0/s1. The summed E-state index contributed by atoms with van der Waals surface area (Å²) in [7, 11) is 3.18. The number of H-pyrrole nitrogens is 1. The number of benzene rings is 2. The first kappa shape index (κ1) is 16.7. The third-order valence-electron chi connectivity index (χ3n) is 4.07. The van der Waals surface area contributed by atoms with Gasteiger partial charge in [-0.05, 0) is 48.9 Å². The molecule has 0 aliphatic carbocycles. The minimum Gasteiger partial charge on any atom is -0.493 e. The fourth-order valence-electron chi connectivity index (χ4n) is 2.70. The second kappa shape index (κ2) is 7.17. The topological polar surface area (TPSA) is 75.4 Å². The average Bonchev–Trinajstić information content (AvgIpc) is 3.08. The van der Waals surface area contributed by atoms with Crippen LogP contribution >= 0.6 is 0 Å². The van der Waals surface area contributed by atoms with Crippen LogP contribution in [0, 0.1) is 0 Å². The van der Waals surface area contributed by atoms with E-state index in [4.69, 9.17) is 9.47 Å². The number of aromatic amines is 1. The zero-order valence-electron chi connectivity index (χ0n) is 14.4. The summed E-state index contributed by atoms with van der Waals surface area (Å²) in [6, 6.07) is 12.8. The summed E-state index contributed by atoms with van der Waals surface area (Å²) in [6.45, 7) is 1.91. The van der Waals surface area contributed by atoms with Gasteiger partial charge in [-0.2, -0.15) is 0 Å². The number of nitrogens with one attached hydrogen (secondary N) is 3. The molecule has 1 atom stereocenters. The number of aromatic nitrogens is 1. The molecule has 0 saturated carbocycles. The van der Waals surface area contributed by atoms with Crippen molar-refractivity contribution in [2.75, 3.05) is 19.5 Å². The van der Waals surface area contributed by atoms with Crippen LogP contribution in [0.2, 0.25) is 0 Å². The summed E-state index contributed by atoms with van der Waals surface area (Å²) in [4.78, 5) is 15.4. The van der Waals surface area contributed by atoms with Crippen molar-refractivity contribution in [2.24, 2.45) is 0 Å². The predicted octanol–water partition coefficient (Wildman–Crippen LogP) is 4.07. The number of amides is 2. The number of methoxy groups -OCH3 is 2. The molecule has 2 amide bonds. The molecule has 3 rings (SSSR count). The molecule has 6 nitrogen and oxygen atoms in total. The van der Waals surface area contributed by atoms with Gasteiger partial charge in [0.05, 0.1) is 20.3 Å². The molecule has 130 valence electrons. The third-order valence-corrected chi connectivity index (χ3v) is 4.07. The Balaban J connectivity index is 1.67. The minimum atomic E-state index is -0.267. The Kier molecular flexibility index (Phi) is 4.79. The van der Waals surface area contributed by atoms with Gasteiger partial charge in [0.15, 0.2) is 11.5 Å². The highest BCUT2D eigenvalue weighted by Gasteiger charge is 2.13. The van der Waals surface area contributed by atoms with Crippen molar-refractivity contribution in [3.05, 3.63) is 54.2 Å². The van der Waals surface area contributed by atoms with Gasteiger partial charge in [0.1, 0.15) is 0 Å². The van der Waals surface area contributed by atoms with E-state index >= 15 is 0 Å². The van der Waals surface area contributed by atoms with Crippen LogP contribution < -0.4 is 20.1 Å². The second-order valence-electron chi connectivity index (χ2n) is 5.71. The van der Waals surface area contributed by atoms with Gasteiger partial charge in [-0.1, -0.05) is 6.07 Å². The van der Waals surface area contributed by atoms with Crippen LogP contribution in [-0.4, -0.2) is 25.2 Å². The number of ether oxygens (including phenoxy) is 2. The number of urea groups is 1. The van der Waals surface area contributed by atoms with E-state index < -0.39 is 0 Å². The number of anilines is 1. The van der Waals surface area contributed by atoms with Crippen LogP contribution in [0.3, 0.4) is 0 Å². The van der Waals surface area contributed by atoms with Gasteiger partial charge in [-0.15, -0.1) is 0 Å². The molecule has 0 spiro atoms. The SMILES string of the molecule is COc1ccc([C@H](C)NC(=O)Nc2ccc3[nH]ccc3c2)cc1OC. The molecule has 1 heterocycles. The van der Waals surface area contributed by atoms with E-state index in [0.717, 1.165) is 22.2 Å². The highest BCUT2D eigenvalue weighted by Crippen LogP contribution is 2.29. The molecule has 0 fully saturated rings. The Labute approximate surface area is 146 Å². The summed E-state index contributed by atoms with van der Waals surface area (Å²) < 4.78 is 10.5. The molecule has 1 aromatic heterocycles. The highest BCUT2D eigenvalue weighted by molar-refractivity contribution is 5.92. The zero-order valence-corrected chi connectivity index (χ0v) is 14.4. The van der Waals surface area contributed by atoms with Crippen LogP contribution in [0.4, 0.5) is 10.5 Å². The van der Waals surface area contributed by atoms with E-state index in [1.807, 2.05) is 55.6 Å². The van der Waals surface area contributed by atoms with E-state index in [1.165, 1.54) is 0 Å². The van der Waals surface area contributed by atoms with Gasteiger partial charge in [0.2, 0.25) is 0 Å². The Bertz CT molecular complexity index is 889. The molecule has 0 radical (unpaired) electrons. The lowest BCUT2D eigenvalue weighted by atomic mass is 10.1. The smallest absolute Gasteiger partial charge is 0.319 e. The lowest BCUT2D eigenvalue weighted by Gasteiger charge is -2.17. The monoisotopic (exact) mass is 339 g/mol. The highest BCUT2D eigenvalue weighted by atomic mass is 16.5. The second-order valence-corrected chi connectivity index (χ2v) is 5.71. The van der Waals surface area contributed by atoms with Crippen molar-refractivity contribution in [2.45, 2.75) is 13.0 Å². The Morgan fingerprint density at radius 1 is 1.04 bits per heavy atom. The zero-order chi connectivity index (χ0) is 17.8. The largest absolute Gasteiger partial charge is 0.493 e. The number of hydrogen-bond donors (Lipinski definition) is 3. The normalized spacial score (nSPS) is 11.8. The van der Waals surface area contributed by atoms with Gasteiger partial charge in [0.25, 0.3) is 0 Å². The van der Waals surface area contributed by atoms with Crippen LogP contribution in [0.15, 0.2) is 48.7 Å². The van der Waals surface area contributed by atoms with Gasteiger partial charge in [-0.25, -0.2) is 4.79 Å². The van der Waals surface area contributed by atoms with E-state index in [2.05, 4.69) is 15.6 Å². The quantitative estimate of drug-likeness (QED) is 0.656. The van der Waals surface area contributed by atoms with E-state index in [0.29, 0.717) is 11.5 Å². The Hall–Kier alpha value is -3.15. The van der Waals surface area contributed by atoms with E-state index in [1.54, 1.807) is 14.2 Å². The number of rotatable bonds is 5. The van der Waals surface area contributed by atoms with Crippen molar-refractivity contribution < 1.29 is 14.3 Å². The van der Waals surface area contributed by atoms with Crippen LogP contribution in [0.25, 0.3) is 10.9 Å². The Morgan fingerprint density at radius 2 is 1.84 bits per heavy atom. The molecular weight excluding hydrogens is 318 g/mol. The maximum atomic E-state index is 12.3. The first-order valence-electron chi connectivity index (χ1n) is 7.97. The molecule has 25 heavy (non-hydrogen) atoms. The van der Waals surface area contributed by atoms with Crippen molar-refractivity contribution in [3.8, 4) is 11.5 Å². The van der Waals surface area contributed by atoms with Crippen molar-refractivity contribution >= 4 is 22.6 Å². The first-order chi connectivity index (χ1) is 12.1. The lowest BCUT2D eigenvalue weighted by Crippen LogP contribution is -2.31. The van der Waals surface area contributed by atoms with Crippen molar-refractivity contribution in [1.82, 2.24) is 10.3 Å². The molecule has 2 aromatic carbocycles. The summed E-state index contributed by atoms with van der Waals surface area (Å²) in [5.74, 6) is 1.29. The minimum absolute atomic E-state index is 0.184. The van der Waals surface area contributed by atoms with Gasteiger partial charge in [0, 0.05) is 22.8 Å². The summed E-state index contributed by atoms with van der Waals surface area (Å²) >= 11 is 0. The van der Waals surface area contributed by atoms with Gasteiger partial charge in [-0.3, -0.25) is 0 Å². The lowest BCUT2D eigenvalue weighted by molar-refractivity contribution is 0.249. The fourth-order valence-corrected chi connectivity index (χ4v) is 2.70. The number of carbonyl (C=O) groups excluding carboxylic acids is 1. The summed E-state index contributed by atoms with van der Waals surface area (Å²) in [6.07, 6.45) is 1.87. The molecule has 0 aliphatic heterocycles. The van der Waals surface area contributed by atoms with E-state index in [9.17, 15) is 4.79 Å².